The van der Waals surface area contributed by atoms with E-state index in [1.54, 1.807) is 24.3 Å². The maximum atomic E-state index is 12.4. The molecule has 1 aliphatic rings. The second-order valence-corrected chi connectivity index (χ2v) is 6.95. The fourth-order valence-electron chi connectivity index (χ4n) is 2.94. The van der Waals surface area contributed by atoms with E-state index in [1.165, 1.54) is 19.3 Å². The molecule has 1 unspecified atom stereocenters. The van der Waals surface area contributed by atoms with Crippen molar-refractivity contribution in [1.29, 1.82) is 0 Å². The summed E-state index contributed by atoms with van der Waals surface area (Å²) in [6.07, 6.45) is 5.85. The molecular weight excluding hydrogens is 326 g/mol. The van der Waals surface area contributed by atoms with Crippen LogP contribution in [0.3, 0.4) is 0 Å². The number of halogens is 1. The van der Waals surface area contributed by atoms with Crippen molar-refractivity contribution in [1.82, 2.24) is 4.90 Å². The van der Waals surface area contributed by atoms with E-state index in [4.69, 9.17) is 11.6 Å². The normalized spacial score (nSPS) is 16.8. The van der Waals surface area contributed by atoms with Crippen molar-refractivity contribution in [2.75, 3.05) is 38.5 Å². The van der Waals surface area contributed by atoms with Crippen molar-refractivity contribution >= 4 is 29.1 Å². The molecule has 1 aromatic rings. The minimum Gasteiger partial charge on any atom is -0.338 e. The number of carbonyl (C=O) groups is 2. The Kier molecular flexibility index (Phi) is 7.53. The van der Waals surface area contributed by atoms with Crippen LogP contribution in [0, 0.1) is 0 Å². The number of hydrogen-bond donors (Lipinski definition) is 2. The molecule has 6 heteroatoms. The van der Waals surface area contributed by atoms with Crippen molar-refractivity contribution in [2.24, 2.45) is 0 Å². The van der Waals surface area contributed by atoms with E-state index in [1.807, 2.05) is 11.9 Å². The van der Waals surface area contributed by atoms with Crippen molar-refractivity contribution in [3.8, 4) is 0 Å². The SMILES string of the molecule is C[NH+](CC(=O)Nc1ccc(Cl)cc1)CC(=O)N1CCCCCCC1. The Morgan fingerprint density at radius 1 is 1.04 bits per heavy atom. The molecule has 1 aromatic carbocycles. The lowest BCUT2D eigenvalue weighted by Crippen LogP contribution is -3.11. The Balaban J connectivity index is 1.76. The molecule has 0 spiro atoms. The lowest BCUT2D eigenvalue weighted by molar-refractivity contribution is -0.862. The van der Waals surface area contributed by atoms with E-state index in [0.717, 1.165) is 30.8 Å². The topological polar surface area (TPSA) is 53.9 Å². The number of amides is 2. The molecule has 132 valence electrons. The first kappa shape index (κ1) is 18.7. The van der Waals surface area contributed by atoms with Crippen molar-refractivity contribution in [3.05, 3.63) is 29.3 Å². The Labute approximate surface area is 149 Å². The third-order valence-electron chi connectivity index (χ3n) is 4.25. The molecule has 0 aromatic heterocycles. The van der Waals surface area contributed by atoms with Gasteiger partial charge in [0.1, 0.15) is 0 Å². The lowest BCUT2D eigenvalue weighted by Gasteiger charge is -2.25. The maximum Gasteiger partial charge on any atom is 0.279 e. The summed E-state index contributed by atoms with van der Waals surface area (Å²) in [6, 6.07) is 7.00. The number of likely N-dealkylation sites (tertiary alicyclic amines) is 1. The summed E-state index contributed by atoms with van der Waals surface area (Å²) < 4.78 is 0. The molecule has 1 aliphatic heterocycles. The van der Waals surface area contributed by atoms with Gasteiger partial charge < -0.3 is 15.1 Å². The molecule has 2 amide bonds. The summed E-state index contributed by atoms with van der Waals surface area (Å²) in [7, 11) is 1.88. The third-order valence-corrected chi connectivity index (χ3v) is 4.50. The molecule has 0 aliphatic carbocycles. The van der Waals surface area contributed by atoms with E-state index in [9.17, 15) is 9.59 Å². The summed E-state index contributed by atoms with van der Waals surface area (Å²) in [6.45, 7) is 2.32. The van der Waals surface area contributed by atoms with Crippen LogP contribution in [0.2, 0.25) is 5.02 Å². The molecule has 0 saturated carbocycles. The van der Waals surface area contributed by atoms with Gasteiger partial charge in [-0.15, -0.1) is 0 Å². The number of nitrogens with one attached hydrogen (secondary N) is 2. The highest BCUT2D eigenvalue weighted by molar-refractivity contribution is 6.30. The van der Waals surface area contributed by atoms with Gasteiger partial charge in [-0.3, -0.25) is 9.59 Å². The fourth-order valence-corrected chi connectivity index (χ4v) is 3.07. The minimum absolute atomic E-state index is 0.102. The predicted molar refractivity (Wildman–Crippen MR) is 96.4 cm³/mol. The summed E-state index contributed by atoms with van der Waals surface area (Å²) >= 11 is 5.83. The van der Waals surface area contributed by atoms with Gasteiger partial charge in [0.2, 0.25) is 0 Å². The van der Waals surface area contributed by atoms with Crippen LogP contribution in [0.25, 0.3) is 0 Å². The van der Waals surface area contributed by atoms with Crippen molar-refractivity contribution in [2.45, 2.75) is 32.1 Å². The van der Waals surface area contributed by atoms with Crippen LogP contribution in [0.4, 0.5) is 5.69 Å². The van der Waals surface area contributed by atoms with Gasteiger partial charge in [0.15, 0.2) is 13.1 Å². The molecule has 1 saturated heterocycles. The van der Waals surface area contributed by atoms with Crippen LogP contribution in [0.5, 0.6) is 0 Å². The summed E-state index contributed by atoms with van der Waals surface area (Å²) in [4.78, 5) is 27.3. The van der Waals surface area contributed by atoms with Crippen molar-refractivity contribution in [3.63, 3.8) is 0 Å². The smallest absolute Gasteiger partial charge is 0.279 e. The minimum atomic E-state index is -0.102. The summed E-state index contributed by atoms with van der Waals surface area (Å²) in [5.41, 5.74) is 0.715. The standard InChI is InChI=1S/C18H26ClN3O2/c1-21(13-17(23)20-16-9-7-15(19)8-10-16)14-18(24)22-11-5-3-2-4-6-12-22/h7-10H,2-6,11-14H2,1H3,(H,20,23)/p+1. The predicted octanol–water partition coefficient (Wildman–Crippen LogP) is 1.59. The molecule has 2 N–H and O–H groups in total. The van der Waals surface area contributed by atoms with E-state index < -0.39 is 0 Å². The first-order valence-electron chi connectivity index (χ1n) is 8.69. The molecule has 0 bridgehead atoms. The van der Waals surface area contributed by atoms with Gasteiger partial charge in [-0.05, 0) is 37.1 Å². The Morgan fingerprint density at radius 3 is 2.25 bits per heavy atom. The molecule has 2 rings (SSSR count). The average Bonchev–Trinajstić information content (AvgIpc) is 2.48. The lowest BCUT2D eigenvalue weighted by atomic mass is 10.1. The highest BCUT2D eigenvalue weighted by Gasteiger charge is 2.20. The van der Waals surface area contributed by atoms with E-state index in [0.29, 0.717) is 17.3 Å². The van der Waals surface area contributed by atoms with Gasteiger partial charge in [0, 0.05) is 23.8 Å². The number of benzene rings is 1. The second-order valence-electron chi connectivity index (χ2n) is 6.51. The number of quaternary nitrogens is 1. The van der Waals surface area contributed by atoms with Gasteiger partial charge in [0.25, 0.3) is 11.8 Å². The zero-order chi connectivity index (χ0) is 17.4. The Morgan fingerprint density at radius 2 is 1.62 bits per heavy atom. The fraction of sp³-hybridized carbons (Fsp3) is 0.556. The summed E-state index contributed by atoms with van der Waals surface area (Å²) in [5.74, 6) is 0.0454. The van der Waals surface area contributed by atoms with E-state index in [2.05, 4.69) is 5.32 Å². The molecular formula is C18H27ClN3O2+. The van der Waals surface area contributed by atoms with Gasteiger partial charge in [-0.25, -0.2) is 0 Å². The first-order valence-corrected chi connectivity index (χ1v) is 9.07. The molecule has 1 atom stereocenters. The van der Waals surface area contributed by atoms with Crippen LogP contribution in [-0.2, 0) is 9.59 Å². The van der Waals surface area contributed by atoms with Gasteiger partial charge in [0.05, 0.1) is 7.05 Å². The third kappa shape index (κ3) is 6.49. The van der Waals surface area contributed by atoms with Gasteiger partial charge in [-0.1, -0.05) is 30.9 Å². The Bertz CT molecular complexity index is 540. The van der Waals surface area contributed by atoms with E-state index >= 15 is 0 Å². The van der Waals surface area contributed by atoms with E-state index in [-0.39, 0.29) is 18.4 Å². The highest BCUT2D eigenvalue weighted by Crippen LogP contribution is 2.13. The van der Waals surface area contributed by atoms with Crippen molar-refractivity contribution < 1.29 is 14.5 Å². The molecule has 1 heterocycles. The average molecular weight is 353 g/mol. The van der Waals surface area contributed by atoms with Gasteiger partial charge >= 0.3 is 0 Å². The molecule has 0 radical (unpaired) electrons. The zero-order valence-electron chi connectivity index (χ0n) is 14.3. The number of rotatable bonds is 5. The van der Waals surface area contributed by atoms with Crippen LogP contribution in [-0.4, -0.2) is 49.9 Å². The number of nitrogens with zero attached hydrogens (tertiary/aromatic N) is 1. The quantitative estimate of drug-likeness (QED) is 0.845. The van der Waals surface area contributed by atoms with Gasteiger partial charge in [-0.2, -0.15) is 0 Å². The number of carbonyl (C=O) groups excluding carboxylic acids is 2. The first-order chi connectivity index (χ1) is 11.5. The number of hydrogen-bond acceptors (Lipinski definition) is 2. The second kappa shape index (κ2) is 9.64. The van der Waals surface area contributed by atoms with Crippen LogP contribution >= 0.6 is 11.6 Å². The molecule has 24 heavy (non-hydrogen) atoms. The van der Waals surface area contributed by atoms with Crippen LogP contribution < -0.4 is 10.2 Å². The summed E-state index contributed by atoms with van der Waals surface area (Å²) in [5, 5.41) is 3.46. The highest BCUT2D eigenvalue weighted by atomic mass is 35.5. The zero-order valence-corrected chi connectivity index (χ0v) is 15.1. The molecule has 1 fully saturated rings. The monoisotopic (exact) mass is 352 g/mol. The van der Waals surface area contributed by atoms with Crippen LogP contribution in [0.1, 0.15) is 32.1 Å². The van der Waals surface area contributed by atoms with Crippen LogP contribution in [0.15, 0.2) is 24.3 Å². The largest absolute Gasteiger partial charge is 0.338 e. The number of anilines is 1. The maximum absolute atomic E-state index is 12.4. The number of likely N-dealkylation sites (N-methyl/N-ethyl adjacent to an activating group) is 1. The molecule has 5 nitrogen and oxygen atoms in total. The Hall–Kier alpha value is -1.59.